The second-order valence-electron chi connectivity index (χ2n) is 6.88. The number of hydrogen-bond acceptors (Lipinski definition) is 3. The van der Waals surface area contributed by atoms with Gasteiger partial charge in [-0.3, -0.25) is 0 Å². The molecule has 3 heteroatoms. The van der Waals surface area contributed by atoms with Crippen LogP contribution in [0.2, 0.25) is 0 Å². The Morgan fingerprint density at radius 2 is 2.17 bits per heavy atom. The first kappa shape index (κ1) is 14.3. The zero-order chi connectivity index (χ0) is 13.2. The Balaban J connectivity index is 1.98. The molecule has 3 atom stereocenters. The Morgan fingerprint density at radius 3 is 2.72 bits per heavy atom. The average molecular weight is 254 g/mol. The predicted octanol–water partition coefficient (Wildman–Crippen LogP) is 2.00. The lowest BCUT2D eigenvalue weighted by Crippen LogP contribution is -2.57. The van der Waals surface area contributed by atoms with Crippen LogP contribution < -0.4 is 5.32 Å². The van der Waals surface area contributed by atoms with Crippen LogP contribution >= 0.6 is 0 Å². The number of aliphatic hydroxyl groups excluding tert-OH is 1. The SMILES string of the molecule is CC1CCN(C2CCCC(CO)(NC(C)C)C2)C1. The highest BCUT2D eigenvalue weighted by atomic mass is 16.3. The van der Waals surface area contributed by atoms with Crippen LogP contribution in [0.15, 0.2) is 0 Å². The summed E-state index contributed by atoms with van der Waals surface area (Å²) in [6, 6.07) is 1.13. The molecule has 1 saturated carbocycles. The molecular weight excluding hydrogens is 224 g/mol. The lowest BCUT2D eigenvalue weighted by molar-refractivity contribution is 0.0621. The maximum absolute atomic E-state index is 9.82. The summed E-state index contributed by atoms with van der Waals surface area (Å²) in [6.07, 6.45) is 6.15. The molecule has 2 aliphatic rings. The maximum atomic E-state index is 9.82. The van der Waals surface area contributed by atoms with Crippen molar-refractivity contribution in [2.75, 3.05) is 19.7 Å². The summed E-state index contributed by atoms with van der Waals surface area (Å²) < 4.78 is 0. The van der Waals surface area contributed by atoms with Gasteiger partial charge in [-0.05, 0) is 44.6 Å². The van der Waals surface area contributed by atoms with Gasteiger partial charge in [0.25, 0.3) is 0 Å². The molecule has 1 saturated heterocycles. The Morgan fingerprint density at radius 1 is 1.39 bits per heavy atom. The molecule has 0 aromatic carbocycles. The van der Waals surface area contributed by atoms with Crippen molar-refractivity contribution < 1.29 is 5.11 Å². The molecule has 0 bridgehead atoms. The van der Waals surface area contributed by atoms with Gasteiger partial charge in [-0.25, -0.2) is 0 Å². The van der Waals surface area contributed by atoms with E-state index in [-0.39, 0.29) is 12.1 Å². The van der Waals surface area contributed by atoms with Crippen LogP contribution in [0.5, 0.6) is 0 Å². The van der Waals surface area contributed by atoms with Crippen LogP contribution in [-0.4, -0.2) is 47.3 Å². The first-order chi connectivity index (χ1) is 8.54. The summed E-state index contributed by atoms with van der Waals surface area (Å²) >= 11 is 0. The zero-order valence-corrected chi connectivity index (χ0v) is 12.3. The Kier molecular flexibility index (Phi) is 4.68. The molecule has 18 heavy (non-hydrogen) atoms. The number of aliphatic hydroxyl groups is 1. The van der Waals surface area contributed by atoms with E-state index in [4.69, 9.17) is 0 Å². The molecule has 1 heterocycles. The summed E-state index contributed by atoms with van der Waals surface area (Å²) in [6.45, 7) is 9.51. The average Bonchev–Trinajstić information content (AvgIpc) is 2.75. The molecule has 2 fully saturated rings. The molecule has 1 aliphatic heterocycles. The van der Waals surface area contributed by atoms with Crippen molar-refractivity contribution in [3.8, 4) is 0 Å². The normalized spacial score (nSPS) is 38.5. The number of nitrogens with one attached hydrogen (secondary N) is 1. The molecule has 3 unspecified atom stereocenters. The summed E-state index contributed by atoms with van der Waals surface area (Å²) in [5.74, 6) is 0.855. The Bertz CT molecular complexity index is 269. The van der Waals surface area contributed by atoms with Crippen molar-refractivity contribution in [2.24, 2.45) is 5.92 Å². The highest BCUT2D eigenvalue weighted by Gasteiger charge is 2.39. The number of hydrogen-bond donors (Lipinski definition) is 2. The fourth-order valence-electron chi connectivity index (χ4n) is 3.88. The van der Waals surface area contributed by atoms with Crippen LogP contribution in [-0.2, 0) is 0 Å². The molecule has 0 aromatic rings. The van der Waals surface area contributed by atoms with Gasteiger partial charge in [0.05, 0.1) is 6.61 Å². The lowest BCUT2D eigenvalue weighted by atomic mass is 9.78. The largest absolute Gasteiger partial charge is 0.394 e. The van der Waals surface area contributed by atoms with Gasteiger partial charge in [-0.15, -0.1) is 0 Å². The molecule has 0 spiro atoms. The monoisotopic (exact) mass is 254 g/mol. The van der Waals surface area contributed by atoms with E-state index in [9.17, 15) is 5.11 Å². The minimum absolute atomic E-state index is 0.0249. The van der Waals surface area contributed by atoms with Gasteiger partial charge in [0.1, 0.15) is 0 Å². The topological polar surface area (TPSA) is 35.5 Å². The smallest absolute Gasteiger partial charge is 0.0613 e. The second-order valence-corrected chi connectivity index (χ2v) is 6.88. The van der Waals surface area contributed by atoms with E-state index in [0.717, 1.165) is 18.8 Å². The predicted molar refractivity (Wildman–Crippen MR) is 75.7 cm³/mol. The molecule has 106 valence electrons. The first-order valence-electron chi connectivity index (χ1n) is 7.67. The zero-order valence-electron chi connectivity index (χ0n) is 12.3. The first-order valence-corrected chi connectivity index (χ1v) is 7.67. The van der Waals surface area contributed by atoms with Crippen LogP contribution in [0, 0.1) is 5.92 Å². The van der Waals surface area contributed by atoms with Crippen LogP contribution in [0.1, 0.15) is 52.9 Å². The Hall–Kier alpha value is -0.120. The summed E-state index contributed by atoms with van der Waals surface area (Å²) in [5.41, 5.74) is -0.0249. The van der Waals surface area contributed by atoms with E-state index in [2.05, 4.69) is 31.0 Å². The second kappa shape index (κ2) is 5.89. The van der Waals surface area contributed by atoms with E-state index in [1.54, 1.807) is 0 Å². The summed E-state index contributed by atoms with van der Waals surface area (Å²) in [4.78, 5) is 2.66. The Labute approximate surface area is 112 Å². The van der Waals surface area contributed by atoms with E-state index in [0.29, 0.717) is 12.1 Å². The van der Waals surface area contributed by atoms with Gasteiger partial charge in [0, 0.05) is 24.2 Å². The third-order valence-corrected chi connectivity index (χ3v) is 4.69. The maximum Gasteiger partial charge on any atom is 0.0613 e. The van der Waals surface area contributed by atoms with E-state index >= 15 is 0 Å². The standard InChI is InChI=1S/C15H30N2O/c1-12(2)16-15(11-18)7-4-5-14(9-15)17-8-6-13(3)10-17/h12-14,16,18H,4-11H2,1-3H3. The number of nitrogens with zero attached hydrogens (tertiary/aromatic N) is 1. The molecule has 3 nitrogen and oxygen atoms in total. The van der Waals surface area contributed by atoms with Crippen molar-refractivity contribution in [3.05, 3.63) is 0 Å². The number of likely N-dealkylation sites (tertiary alicyclic amines) is 1. The van der Waals surface area contributed by atoms with Gasteiger partial charge in [-0.1, -0.05) is 20.8 Å². The minimum atomic E-state index is -0.0249. The van der Waals surface area contributed by atoms with Gasteiger partial charge in [0.2, 0.25) is 0 Å². The summed E-state index contributed by atoms with van der Waals surface area (Å²) in [5, 5.41) is 13.5. The third kappa shape index (κ3) is 3.25. The molecule has 1 aliphatic carbocycles. The van der Waals surface area contributed by atoms with Crippen molar-refractivity contribution in [1.82, 2.24) is 10.2 Å². The van der Waals surface area contributed by atoms with Crippen LogP contribution in [0.3, 0.4) is 0 Å². The van der Waals surface area contributed by atoms with Gasteiger partial charge >= 0.3 is 0 Å². The molecule has 2 rings (SSSR count). The highest BCUT2D eigenvalue weighted by molar-refractivity contribution is 4.98. The lowest BCUT2D eigenvalue weighted by Gasteiger charge is -2.44. The van der Waals surface area contributed by atoms with E-state index < -0.39 is 0 Å². The van der Waals surface area contributed by atoms with Gasteiger partial charge < -0.3 is 15.3 Å². The third-order valence-electron chi connectivity index (χ3n) is 4.69. The van der Waals surface area contributed by atoms with Crippen LogP contribution in [0.25, 0.3) is 0 Å². The molecular formula is C15H30N2O. The van der Waals surface area contributed by atoms with E-state index in [1.807, 2.05) is 0 Å². The minimum Gasteiger partial charge on any atom is -0.394 e. The van der Waals surface area contributed by atoms with Crippen molar-refractivity contribution in [1.29, 1.82) is 0 Å². The van der Waals surface area contributed by atoms with Crippen molar-refractivity contribution in [3.63, 3.8) is 0 Å². The molecule has 0 aromatic heterocycles. The molecule has 0 amide bonds. The highest BCUT2D eigenvalue weighted by Crippen LogP contribution is 2.33. The molecule has 2 N–H and O–H groups in total. The van der Waals surface area contributed by atoms with E-state index in [1.165, 1.54) is 32.4 Å². The van der Waals surface area contributed by atoms with Gasteiger partial charge in [-0.2, -0.15) is 0 Å². The van der Waals surface area contributed by atoms with Gasteiger partial charge in [0.15, 0.2) is 0 Å². The number of rotatable bonds is 4. The molecule has 0 radical (unpaired) electrons. The van der Waals surface area contributed by atoms with Crippen molar-refractivity contribution in [2.45, 2.75) is 70.5 Å². The fraction of sp³-hybridized carbons (Fsp3) is 1.00. The summed E-state index contributed by atoms with van der Waals surface area (Å²) in [7, 11) is 0. The fourth-order valence-corrected chi connectivity index (χ4v) is 3.88. The van der Waals surface area contributed by atoms with Crippen molar-refractivity contribution >= 4 is 0 Å². The quantitative estimate of drug-likeness (QED) is 0.805. The van der Waals surface area contributed by atoms with Crippen LogP contribution in [0.4, 0.5) is 0 Å².